The zero-order valence-corrected chi connectivity index (χ0v) is 16.4. The number of hydrogen-bond donors (Lipinski definition) is 0. The summed E-state index contributed by atoms with van der Waals surface area (Å²) in [7, 11) is 0. The molecule has 0 aliphatic carbocycles. The van der Waals surface area contributed by atoms with Crippen molar-refractivity contribution in [2.45, 2.75) is 6.92 Å². The number of benzene rings is 2. The number of esters is 1. The quantitative estimate of drug-likeness (QED) is 0.345. The zero-order chi connectivity index (χ0) is 20.2. The van der Waals surface area contributed by atoms with Crippen LogP contribution < -0.4 is 10.4 Å². The summed E-state index contributed by atoms with van der Waals surface area (Å²) in [6.07, 6.45) is 0. The molecule has 0 atom stereocenters. The Balaban J connectivity index is 1.61. The van der Waals surface area contributed by atoms with E-state index in [0.717, 1.165) is 16.6 Å². The molecule has 0 bridgehead atoms. The predicted octanol–water partition coefficient (Wildman–Crippen LogP) is 4.53. The highest BCUT2D eigenvalue weighted by molar-refractivity contribution is 7.13. The zero-order valence-electron chi connectivity index (χ0n) is 15.6. The maximum Gasteiger partial charge on any atom is 0.346 e. The van der Waals surface area contributed by atoms with E-state index in [-0.39, 0.29) is 6.61 Å². The molecule has 0 N–H and O–H groups in total. The molecule has 0 radical (unpaired) electrons. The van der Waals surface area contributed by atoms with E-state index in [9.17, 15) is 9.59 Å². The Kier molecular flexibility index (Phi) is 5.39. The summed E-state index contributed by atoms with van der Waals surface area (Å²) < 4.78 is 15.7. The lowest BCUT2D eigenvalue weighted by Crippen LogP contribution is -2.14. The maximum absolute atomic E-state index is 12.5. The van der Waals surface area contributed by atoms with Gasteiger partial charge in [0, 0.05) is 22.4 Å². The first kappa shape index (κ1) is 18.9. The van der Waals surface area contributed by atoms with Gasteiger partial charge >= 0.3 is 11.6 Å². The van der Waals surface area contributed by atoms with E-state index >= 15 is 0 Å². The van der Waals surface area contributed by atoms with Gasteiger partial charge in [0.1, 0.15) is 16.3 Å². The van der Waals surface area contributed by atoms with E-state index in [1.807, 2.05) is 35.7 Å². The minimum Gasteiger partial charge on any atom is -0.482 e. The van der Waals surface area contributed by atoms with Gasteiger partial charge in [0.05, 0.1) is 17.9 Å². The average Bonchev–Trinajstić information content (AvgIpc) is 3.22. The molecule has 146 valence electrons. The molecular formula is C22H17NO5S. The number of carbonyl (C=O) groups is 1. The minimum absolute atomic E-state index is 0.205. The van der Waals surface area contributed by atoms with Crippen molar-refractivity contribution in [3.8, 4) is 27.6 Å². The summed E-state index contributed by atoms with van der Waals surface area (Å²) in [6, 6.07) is 16.6. The van der Waals surface area contributed by atoms with E-state index < -0.39 is 11.6 Å². The minimum atomic E-state index is -0.478. The van der Waals surface area contributed by atoms with E-state index in [1.54, 1.807) is 31.2 Å². The number of hydrogen-bond acceptors (Lipinski definition) is 7. The van der Waals surface area contributed by atoms with Gasteiger partial charge < -0.3 is 13.9 Å². The fourth-order valence-corrected chi connectivity index (χ4v) is 3.65. The van der Waals surface area contributed by atoms with Crippen LogP contribution in [0.25, 0.3) is 32.8 Å². The summed E-state index contributed by atoms with van der Waals surface area (Å²) in [5, 5.41) is 3.25. The van der Waals surface area contributed by atoms with Gasteiger partial charge in [-0.25, -0.2) is 14.6 Å². The van der Waals surface area contributed by atoms with Crippen LogP contribution in [0.3, 0.4) is 0 Å². The molecule has 29 heavy (non-hydrogen) atoms. The second-order valence-electron chi connectivity index (χ2n) is 6.14. The number of fused-ring (bicyclic) bond motifs is 1. The van der Waals surface area contributed by atoms with Crippen LogP contribution >= 0.6 is 11.3 Å². The SMILES string of the molecule is CCOC(=O)COc1ccc2cc(-c3nc(-c4ccccc4)cs3)c(=O)oc2c1. The van der Waals surface area contributed by atoms with Crippen LogP contribution in [0.1, 0.15) is 6.92 Å². The van der Waals surface area contributed by atoms with E-state index in [2.05, 4.69) is 4.98 Å². The summed E-state index contributed by atoms with van der Waals surface area (Å²) in [5.74, 6) is -0.0375. The number of carbonyl (C=O) groups excluding carboxylic acids is 1. The molecule has 0 spiro atoms. The highest BCUT2D eigenvalue weighted by Gasteiger charge is 2.13. The van der Waals surface area contributed by atoms with Crippen LogP contribution in [-0.2, 0) is 9.53 Å². The number of nitrogens with zero attached hydrogens (tertiary/aromatic N) is 1. The molecule has 2 aromatic carbocycles. The molecule has 7 heteroatoms. The molecule has 0 saturated carbocycles. The molecule has 0 fully saturated rings. The molecule has 4 aromatic rings. The van der Waals surface area contributed by atoms with Crippen molar-refractivity contribution in [1.29, 1.82) is 0 Å². The normalized spacial score (nSPS) is 10.8. The van der Waals surface area contributed by atoms with E-state index in [0.29, 0.717) is 28.5 Å². The monoisotopic (exact) mass is 407 g/mol. The van der Waals surface area contributed by atoms with Gasteiger partial charge in [-0.05, 0) is 25.1 Å². The van der Waals surface area contributed by atoms with Crippen molar-refractivity contribution in [2.24, 2.45) is 0 Å². The Morgan fingerprint density at radius 3 is 2.76 bits per heavy atom. The molecule has 0 aliphatic heterocycles. The van der Waals surface area contributed by atoms with Gasteiger partial charge in [-0.1, -0.05) is 30.3 Å². The van der Waals surface area contributed by atoms with Gasteiger partial charge in [-0.3, -0.25) is 0 Å². The summed E-state index contributed by atoms with van der Waals surface area (Å²) >= 11 is 1.39. The second kappa shape index (κ2) is 8.28. The number of thiazole rings is 1. The van der Waals surface area contributed by atoms with Gasteiger partial charge in [0.2, 0.25) is 0 Å². The van der Waals surface area contributed by atoms with E-state index in [4.69, 9.17) is 13.9 Å². The number of rotatable bonds is 6. The summed E-state index contributed by atoms with van der Waals surface area (Å²) in [5.41, 5.74) is 2.11. The van der Waals surface area contributed by atoms with Gasteiger partial charge in [0.15, 0.2) is 6.61 Å². The lowest BCUT2D eigenvalue weighted by atomic mass is 10.1. The topological polar surface area (TPSA) is 78.6 Å². The van der Waals surface area contributed by atoms with E-state index in [1.165, 1.54) is 11.3 Å². The molecule has 4 rings (SSSR count). The molecular weight excluding hydrogens is 390 g/mol. The molecule has 2 aromatic heterocycles. The Morgan fingerprint density at radius 1 is 1.14 bits per heavy atom. The largest absolute Gasteiger partial charge is 0.482 e. The third-order valence-corrected chi connectivity index (χ3v) is 5.05. The van der Waals surface area contributed by atoms with Crippen LogP contribution in [-0.4, -0.2) is 24.2 Å². The first-order valence-corrected chi connectivity index (χ1v) is 9.89. The summed E-state index contributed by atoms with van der Waals surface area (Å²) in [6.45, 7) is 1.81. The van der Waals surface area contributed by atoms with Crippen molar-refractivity contribution in [3.63, 3.8) is 0 Å². The molecule has 0 saturated heterocycles. The third kappa shape index (κ3) is 4.20. The lowest BCUT2D eigenvalue weighted by molar-refractivity contribution is -0.145. The van der Waals surface area contributed by atoms with Gasteiger partial charge in [-0.2, -0.15) is 0 Å². The summed E-state index contributed by atoms with van der Waals surface area (Å²) in [4.78, 5) is 28.5. The first-order valence-electron chi connectivity index (χ1n) is 9.01. The number of ether oxygens (including phenoxy) is 2. The Labute approximate surface area is 170 Å². The molecule has 2 heterocycles. The fraction of sp³-hybridized carbons (Fsp3) is 0.136. The fourth-order valence-electron chi connectivity index (χ4n) is 2.81. The van der Waals surface area contributed by atoms with Crippen molar-refractivity contribution in [1.82, 2.24) is 4.98 Å². The smallest absolute Gasteiger partial charge is 0.346 e. The predicted molar refractivity (Wildman–Crippen MR) is 111 cm³/mol. The molecule has 0 amide bonds. The van der Waals surface area contributed by atoms with Crippen LogP contribution in [0.4, 0.5) is 0 Å². The highest BCUT2D eigenvalue weighted by Crippen LogP contribution is 2.29. The van der Waals surface area contributed by atoms with Crippen LogP contribution in [0.15, 0.2) is 69.2 Å². The number of aromatic nitrogens is 1. The van der Waals surface area contributed by atoms with Gasteiger partial charge in [-0.15, -0.1) is 11.3 Å². The van der Waals surface area contributed by atoms with Crippen molar-refractivity contribution >= 4 is 28.3 Å². The Morgan fingerprint density at radius 2 is 1.97 bits per heavy atom. The second-order valence-corrected chi connectivity index (χ2v) is 7.00. The lowest BCUT2D eigenvalue weighted by Gasteiger charge is -2.06. The van der Waals surface area contributed by atoms with Crippen molar-refractivity contribution in [3.05, 3.63) is 70.4 Å². The third-order valence-electron chi connectivity index (χ3n) is 4.17. The molecule has 0 unspecified atom stereocenters. The van der Waals surface area contributed by atoms with Crippen LogP contribution in [0.5, 0.6) is 5.75 Å². The average molecular weight is 407 g/mol. The Bertz CT molecular complexity index is 1210. The van der Waals surface area contributed by atoms with Crippen molar-refractivity contribution in [2.75, 3.05) is 13.2 Å². The molecule has 0 aliphatic rings. The molecule has 6 nitrogen and oxygen atoms in total. The standard InChI is InChI=1S/C22H17NO5S/c1-2-26-20(24)12-27-16-9-8-15-10-17(22(25)28-19(15)11-16)21-23-18(13-29-21)14-6-4-3-5-7-14/h3-11,13H,2,12H2,1H3. The van der Waals surface area contributed by atoms with Crippen LogP contribution in [0, 0.1) is 0 Å². The Hall–Kier alpha value is -3.45. The van der Waals surface area contributed by atoms with Crippen LogP contribution in [0.2, 0.25) is 0 Å². The van der Waals surface area contributed by atoms with Crippen molar-refractivity contribution < 1.29 is 18.7 Å². The highest BCUT2D eigenvalue weighted by atomic mass is 32.1. The van der Waals surface area contributed by atoms with Gasteiger partial charge in [0.25, 0.3) is 0 Å². The first-order chi connectivity index (χ1) is 14.1. The maximum atomic E-state index is 12.5.